The number of rotatable bonds is 8. The third-order valence-corrected chi connectivity index (χ3v) is 7.77. The summed E-state index contributed by atoms with van der Waals surface area (Å²) in [5.74, 6) is -0.898. The van der Waals surface area contributed by atoms with Crippen molar-refractivity contribution in [2.45, 2.75) is 29.1 Å². The average molecular weight is 597 g/mol. The van der Waals surface area contributed by atoms with E-state index in [-0.39, 0.29) is 12.2 Å². The lowest BCUT2D eigenvalue weighted by atomic mass is 10.2. The fourth-order valence-electron chi connectivity index (χ4n) is 3.11. The maximum absolute atomic E-state index is 12.9. The van der Waals surface area contributed by atoms with Crippen molar-refractivity contribution in [1.29, 1.82) is 0 Å². The van der Waals surface area contributed by atoms with Crippen molar-refractivity contribution in [1.82, 2.24) is 0 Å². The predicted octanol–water partition coefficient (Wildman–Crippen LogP) is 5.50. The molecule has 0 aliphatic rings. The van der Waals surface area contributed by atoms with E-state index in [0.29, 0.717) is 48.5 Å². The first-order valence-corrected chi connectivity index (χ1v) is 13.6. The number of anilines is 2. The van der Waals surface area contributed by atoms with Crippen molar-refractivity contribution in [3.8, 4) is 0 Å². The summed E-state index contributed by atoms with van der Waals surface area (Å²) >= 11 is 0. The Bertz CT molecular complexity index is 1570. The maximum Gasteiger partial charge on any atom is 0.416 e. The van der Waals surface area contributed by atoms with Gasteiger partial charge in [0, 0.05) is 0 Å². The van der Waals surface area contributed by atoms with Crippen LogP contribution in [-0.2, 0) is 37.1 Å². The first-order chi connectivity index (χ1) is 17.9. The lowest BCUT2D eigenvalue weighted by molar-refractivity contribution is -0.138. The molecule has 0 spiro atoms. The van der Waals surface area contributed by atoms with Gasteiger partial charge in [-0.15, -0.1) is 0 Å². The van der Waals surface area contributed by atoms with Gasteiger partial charge in [0.1, 0.15) is 0 Å². The molecule has 0 saturated carbocycles. The Morgan fingerprint density at radius 1 is 0.692 bits per heavy atom. The molecule has 0 amide bonds. The van der Waals surface area contributed by atoms with E-state index in [2.05, 4.69) is 0 Å². The van der Waals surface area contributed by atoms with Gasteiger partial charge in [-0.25, -0.2) is 21.6 Å². The highest BCUT2D eigenvalue weighted by molar-refractivity contribution is 7.93. The van der Waals surface area contributed by atoms with Crippen molar-refractivity contribution in [2.75, 3.05) is 16.1 Å². The number of benzene rings is 3. The quantitative estimate of drug-likeness (QED) is 0.262. The second-order valence-corrected chi connectivity index (χ2v) is 11.1. The summed E-state index contributed by atoms with van der Waals surface area (Å²) in [5.41, 5.74) is -3.39. The summed E-state index contributed by atoms with van der Waals surface area (Å²) in [7, 11) is -9.20. The van der Waals surface area contributed by atoms with E-state index < -0.39 is 70.7 Å². The van der Waals surface area contributed by atoms with Gasteiger partial charge in [-0.2, -0.15) is 26.3 Å². The SMILES string of the molecule is CCOC(=O)c1ccc(NS(=O)(=O)c2ccc(C(F)(F)F)cc2)c(NS(=O)(=O)c2ccc(C(F)(F)F)cc2)c1. The summed E-state index contributed by atoms with van der Waals surface area (Å²) in [6.45, 7) is 1.45. The summed E-state index contributed by atoms with van der Waals surface area (Å²) < 4.78 is 137. The Labute approximate surface area is 218 Å². The van der Waals surface area contributed by atoms with Gasteiger partial charge in [0.2, 0.25) is 0 Å². The molecule has 0 saturated heterocycles. The van der Waals surface area contributed by atoms with Gasteiger partial charge < -0.3 is 4.74 Å². The van der Waals surface area contributed by atoms with Crippen molar-refractivity contribution in [3.05, 3.63) is 83.4 Å². The minimum atomic E-state index is -4.73. The van der Waals surface area contributed by atoms with Crippen LogP contribution in [0.2, 0.25) is 0 Å². The second-order valence-electron chi connectivity index (χ2n) is 7.74. The number of halogens is 6. The van der Waals surface area contributed by atoms with E-state index in [9.17, 15) is 48.0 Å². The normalized spacial score (nSPS) is 12.6. The van der Waals surface area contributed by atoms with Crippen LogP contribution < -0.4 is 9.44 Å². The van der Waals surface area contributed by atoms with Crippen LogP contribution in [0.1, 0.15) is 28.4 Å². The number of nitrogens with one attached hydrogen (secondary N) is 2. The maximum atomic E-state index is 12.9. The van der Waals surface area contributed by atoms with E-state index in [1.54, 1.807) is 0 Å². The number of sulfonamides is 2. The molecule has 8 nitrogen and oxygen atoms in total. The van der Waals surface area contributed by atoms with Gasteiger partial charge in [0.05, 0.1) is 44.5 Å². The van der Waals surface area contributed by atoms with Crippen LogP contribution in [0.5, 0.6) is 0 Å². The first kappa shape index (κ1) is 29.8. The number of ether oxygens (including phenoxy) is 1. The summed E-state index contributed by atoms with van der Waals surface area (Å²) in [5, 5.41) is 0. The molecule has 0 bridgehead atoms. The van der Waals surface area contributed by atoms with Gasteiger partial charge in [-0.1, -0.05) is 0 Å². The van der Waals surface area contributed by atoms with Gasteiger partial charge >= 0.3 is 18.3 Å². The molecule has 16 heteroatoms. The van der Waals surface area contributed by atoms with Crippen LogP contribution in [0, 0.1) is 0 Å². The second kappa shape index (κ2) is 10.8. The third-order valence-electron chi connectivity index (χ3n) is 5.00. The van der Waals surface area contributed by atoms with Crippen LogP contribution >= 0.6 is 0 Å². The standard InChI is InChI=1S/C23H18F6N2O6S2/c1-2-37-21(32)14-3-12-19(30-38(33,34)17-8-4-15(5-9-17)22(24,25)26)20(13-14)31-39(35,36)18-10-6-16(7-11-18)23(27,28)29/h3-13,30-31H,2H2,1H3. The van der Waals surface area contributed by atoms with Gasteiger partial charge in [-0.05, 0) is 73.7 Å². The van der Waals surface area contributed by atoms with E-state index in [0.717, 1.165) is 18.2 Å². The monoisotopic (exact) mass is 596 g/mol. The topological polar surface area (TPSA) is 119 Å². The van der Waals surface area contributed by atoms with Gasteiger partial charge in [0.15, 0.2) is 0 Å². The number of hydrogen-bond donors (Lipinski definition) is 2. The molecule has 0 aliphatic carbocycles. The molecule has 0 aromatic heterocycles. The Hall–Kier alpha value is -3.79. The van der Waals surface area contributed by atoms with E-state index in [4.69, 9.17) is 4.74 Å². The molecule has 210 valence electrons. The Balaban J connectivity index is 2.01. The van der Waals surface area contributed by atoms with Crippen molar-refractivity contribution in [2.24, 2.45) is 0 Å². The Morgan fingerprint density at radius 3 is 1.49 bits per heavy atom. The minimum Gasteiger partial charge on any atom is -0.462 e. The molecule has 0 unspecified atom stereocenters. The molecule has 3 aromatic rings. The highest BCUT2D eigenvalue weighted by atomic mass is 32.2. The zero-order valence-corrected chi connectivity index (χ0v) is 21.2. The molecule has 3 rings (SSSR count). The molecular formula is C23H18F6N2O6S2. The number of carbonyl (C=O) groups is 1. The van der Waals surface area contributed by atoms with Gasteiger partial charge in [0.25, 0.3) is 20.0 Å². The summed E-state index contributed by atoms with van der Waals surface area (Å²) in [6.07, 6.45) is -9.45. The highest BCUT2D eigenvalue weighted by Crippen LogP contribution is 2.33. The number of esters is 1. The molecular weight excluding hydrogens is 578 g/mol. The van der Waals surface area contributed by atoms with Crippen molar-refractivity contribution in [3.63, 3.8) is 0 Å². The van der Waals surface area contributed by atoms with E-state index >= 15 is 0 Å². The molecule has 0 fully saturated rings. The van der Waals surface area contributed by atoms with E-state index in [1.807, 2.05) is 9.44 Å². The van der Waals surface area contributed by atoms with Gasteiger partial charge in [-0.3, -0.25) is 9.44 Å². The van der Waals surface area contributed by atoms with Crippen LogP contribution in [0.4, 0.5) is 37.7 Å². The smallest absolute Gasteiger partial charge is 0.416 e. The molecule has 2 N–H and O–H groups in total. The number of hydrogen-bond acceptors (Lipinski definition) is 6. The lowest BCUT2D eigenvalue weighted by Crippen LogP contribution is -2.19. The van der Waals surface area contributed by atoms with Crippen LogP contribution in [0.25, 0.3) is 0 Å². The molecule has 0 atom stereocenters. The predicted molar refractivity (Wildman–Crippen MR) is 127 cm³/mol. The zero-order valence-electron chi connectivity index (χ0n) is 19.6. The highest BCUT2D eigenvalue weighted by Gasteiger charge is 2.32. The largest absolute Gasteiger partial charge is 0.462 e. The number of alkyl halides is 6. The fraction of sp³-hybridized carbons (Fsp3) is 0.174. The zero-order chi connectivity index (χ0) is 29.2. The minimum absolute atomic E-state index is 0.0479. The molecule has 0 radical (unpaired) electrons. The Kier molecular flexibility index (Phi) is 8.21. The fourth-order valence-corrected chi connectivity index (χ4v) is 5.26. The average Bonchev–Trinajstić information content (AvgIpc) is 2.84. The molecule has 3 aromatic carbocycles. The van der Waals surface area contributed by atoms with E-state index in [1.165, 1.54) is 6.92 Å². The van der Waals surface area contributed by atoms with Crippen LogP contribution in [-0.4, -0.2) is 29.4 Å². The van der Waals surface area contributed by atoms with Crippen molar-refractivity contribution < 1.29 is 52.7 Å². The summed E-state index contributed by atoms with van der Waals surface area (Å²) in [4.78, 5) is 10.9. The van der Waals surface area contributed by atoms with Crippen molar-refractivity contribution >= 4 is 37.4 Å². The third kappa shape index (κ3) is 7.20. The molecule has 0 heterocycles. The molecule has 39 heavy (non-hydrogen) atoms. The first-order valence-electron chi connectivity index (χ1n) is 10.7. The summed E-state index contributed by atoms with van der Waals surface area (Å²) in [6, 6.07) is 7.85. The number of carbonyl (C=O) groups excluding carboxylic acids is 1. The molecule has 0 aliphatic heterocycles. The van der Waals surface area contributed by atoms with Crippen LogP contribution in [0.3, 0.4) is 0 Å². The van der Waals surface area contributed by atoms with Crippen LogP contribution in [0.15, 0.2) is 76.5 Å². The lowest BCUT2D eigenvalue weighted by Gasteiger charge is -2.16. The Morgan fingerprint density at radius 2 is 1.10 bits per heavy atom.